The average molecular weight is 313 g/mol. The fourth-order valence-corrected chi connectivity index (χ4v) is 2.71. The number of aromatic nitrogens is 2. The first-order valence-corrected chi connectivity index (χ1v) is 7.22. The molecule has 23 heavy (non-hydrogen) atoms. The van der Waals surface area contributed by atoms with Crippen LogP contribution in [0.15, 0.2) is 29.8 Å². The third-order valence-electron chi connectivity index (χ3n) is 4.04. The van der Waals surface area contributed by atoms with Gasteiger partial charge in [0.05, 0.1) is 17.8 Å². The molecule has 1 aliphatic heterocycles. The highest BCUT2D eigenvalue weighted by Crippen LogP contribution is 2.28. The minimum absolute atomic E-state index is 0.0317. The number of imide groups is 1. The number of anilines is 1. The Kier molecular flexibility index (Phi) is 3.60. The lowest BCUT2D eigenvalue weighted by molar-refractivity contribution is -0.120. The van der Waals surface area contributed by atoms with E-state index in [2.05, 4.69) is 5.10 Å². The summed E-state index contributed by atoms with van der Waals surface area (Å²) in [4.78, 5) is 25.8. The van der Waals surface area contributed by atoms with Gasteiger partial charge in [-0.05, 0) is 44.2 Å². The molecule has 0 aliphatic carbocycles. The first-order chi connectivity index (χ1) is 10.9. The normalized spacial score (nSPS) is 16.7. The van der Waals surface area contributed by atoms with Gasteiger partial charge >= 0.3 is 0 Å². The SMILES string of the molecule is Cc1nn(C)c(C)c1C=C1CC(=O)N(c2ccc(F)cc2)C1=O. The highest BCUT2D eigenvalue weighted by molar-refractivity contribution is 6.29. The lowest BCUT2D eigenvalue weighted by Crippen LogP contribution is -2.28. The summed E-state index contributed by atoms with van der Waals surface area (Å²) in [6, 6.07) is 5.31. The maximum Gasteiger partial charge on any atom is 0.261 e. The molecule has 0 bridgehead atoms. The topological polar surface area (TPSA) is 55.2 Å². The van der Waals surface area contributed by atoms with Crippen LogP contribution < -0.4 is 4.90 Å². The maximum atomic E-state index is 13.0. The van der Waals surface area contributed by atoms with Gasteiger partial charge in [0, 0.05) is 23.9 Å². The summed E-state index contributed by atoms with van der Waals surface area (Å²) in [6.07, 6.45) is 1.76. The fraction of sp³-hybridized carbons (Fsp3) is 0.235. The second kappa shape index (κ2) is 5.46. The second-order valence-corrected chi connectivity index (χ2v) is 5.57. The lowest BCUT2D eigenvalue weighted by Gasteiger charge is -2.13. The Morgan fingerprint density at radius 3 is 2.39 bits per heavy atom. The molecule has 0 N–H and O–H groups in total. The minimum Gasteiger partial charge on any atom is -0.274 e. The van der Waals surface area contributed by atoms with Gasteiger partial charge < -0.3 is 0 Å². The number of carbonyl (C=O) groups is 2. The molecule has 2 aromatic rings. The first kappa shape index (κ1) is 15.1. The molecule has 0 saturated carbocycles. The van der Waals surface area contributed by atoms with Gasteiger partial charge in [-0.25, -0.2) is 9.29 Å². The highest BCUT2D eigenvalue weighted by atomic mass is 19.1. The molecular weight excluding hydrogens is 297 g/mol. The van der Waals surface area contributed by atoms with Crippen LogP contribution in [0.1, 0.15) is 23.4 Å². The van der Waals surface area contributed by atoms with Gasteiger partial charge in [-0.1, -0.05) is 0 Å². The third-order valence-corrected chi connectivity index (χ3v) is 4.04. The molecule has 118 valence electrons. The van der Waals surface area contributed by atoms with Gasteiger partial charge in [0.1, 0.15) is 5.82 Å². The zero-order chi connectivity index (χ0) is 16.7. The molecule has 0 atom stereocenters. The second-order valence-electron chi connectivity index (χ2n) is 5.57. The van der Waals surface area contributed by atoms with Gasteiger partial charge in [-0.15, -0.1) is 0 Å². The summed E-state index contributed by atoms with van der Waals surface area (Å²) in [5, 5.41) is 4.30. The van der Waals surface area contributed by atoms with Crippen LogP contribution in [0.25, 0.3) is 6.08 Å². The van der Waals surface area contributed by atoms with E-state index in [4.69, 9.17) is 0 Å². The summed E-state index contributed by atoms with van der Waals surface area (Å²) < 4.78 is 14.8. The van der Waals surface area contributed by atoms with Gasteiger partial charge in [0.25, 0.3) is 5.91 Å². The summed E-state index contributed by atoms with van der Waals surface area (Å²) in [7, 11) is 1.83. The molecular formula is C17H16FN3O2. The average Bonchev–Trinajstić information content (AvgIpc) is 2.91. The van der Waals surface area contributed by atoms with Crippen molar-refractivity contribution in [3.05, 3.63) is 52.6 Å². The summed E-state index contributed by atoms with van der Waals surface area (Å²) >= 11 is 0. The van der Waals surface area contributed by atoms with Crippen molar-refractivity contribution >= 4 is 23.6 Å². The Morgan fingerprint density at radius 1 is 1.17 bits per heavy atom. The molecule has 2 heterocycles. The van der Waals surface area contributed by atoms with E-state index in [0.29, 0.717) is 11.3 Å². The number of nitrogens with zero attached hydrogens (tertiary/aromatic N) is 3. The number of halogens is 1. The minimum atomic E-state index is -0.412. The summed E-state index contributed by atoms with van der Waals surface area (Å²) in [5.74, 6) is -1.10. The Balaban J connectivity index is 1.98. The number of aryl methyl sites for hydroxylation is 2. The zero-order valence-corrected chi connectivity index (χ0v) is 13.1. The summed E-state index contributed by atoms with van der Waals surface area (Å²) in [6.45, 7) is 3.77. The van der Waals surface area contributed by atoms with Crippen molar-refractivity contribution in [3.63, 3.8) is 0 Å². The van der Waals surface area contributed by atoms with Crippen LogP contribution in [0.3, 0.4) is 0 Å². The predicted octanol–water partition coefficient (Wildman–Crippen LogP) is 2.52. The number of carbonyl (C=O) groups excluding carboxylic acids is 2. The lowest BCUT2D eigenvalue weighted by atomic mass is 10.1. The zero-order valence-electron chi connectivity index (χ0n) is 13.1. The molecule has 2 amide bonds. The monoisotopic (exact) mass is 313 g/mol. The predicted molar refractivity (Wildman–Crippen MR) is 84.2 cm³/mol. The Morgan fingerprint density at radius 2 is 1.83 bits per heavy atom. The fourth-order valence-electron chi connectivity index (χ4n) is 2.71. The van der Waals surface area contributed by atoms with E-state index in [1.807, 2.05) is 20.9 Å². The molecule has 5 nitrogen and oxygen atoms in total. The Labute approximate surface area is 133 Å². The van der Waals surface area contributed by atoms with E-state index < -0.39 is 5.82 Å². The van der Waals surface area contributed by atoms with Crippen molar-refractivity contribution in [2.24, 2.45) is 7.05 Å². The van der Waals surface area contributed by atoms with Gasteiger partial charge in [-0.2, -0.15) is 5.10 Å². The molecule has 1 aromatic heterocycles. The van der Waals surface area contributed by atoms with Crippen molar-refractivity contribution < 1.29 is 14.0 Å². The Hall–Kier alpha value is -2.76. The third kappa shape index (κ3) is 2.56. The van der Waals surface area contributed by atoms with Crippen molar-refractivity contribution in [2.45, 2.75) is 20.3 Å². The van der Waals surface area contributed by atoms with E-state index >= 15 is 0 Å². The smallest absolute Gasteiger partial charge is 0.261 e. The van der Waals surface area contributed by atoms with Crippen molar-refractivity contribution in [3.8, 4) is 0 Å². The molecule has 1 aliphatic rings. The molecule has 3 rings (SSSR count). The Bertz CT molecular complexity index is 834. The summed E-state index contributed by atoms with van der Waals surface area (Å²) in [5.41, 5.74) is 3.38. The highest BCUT2D eigenvalue weighted by Gasteiger charge is 2.35. The number of benzene rings is 1. The van der Waals surface area contributed by atoms with Crippen LogP contribution in [0.5, 0.6) is 0 Å². The number of rotatable bonds is 2. The van der Waals surface area contributed by atoms with E-state index in [1.54, 1.807) is 10.8 Å². The van der Waals surface area contributed by atoms with E-state index in [9.17, 15) is 14.0 Å². The maximum absolute atomic E-state index is 13.0. The molecule has 1 saturated heterocycles. The van der Waals surface area contributed by atoms with Crippen molar-refractivity contribution in [2.75, 3.05) is 4.90 Å². The number of hydrogen-bond donors (Lipinski definition) is 0. The molecule has 0 radical (unpaired) electrons. The standard InChI is InChI=1S/C17H16FN3O2/c1-10-15(11(2)20(3)19-10)8-12-9-16(22)21(17(12)23)14-6-4-13(18)5-7-14/h4-8H,9H2,1-3H3. The van der Waals surface area contributed by atoms with Gasteiger partial charge in [-0.3, -0.25) is 14.3 Å². The van der Waals surface area contributed by atoms with Crippen LogP contribution >= 0.6 is 0 Å². The van der Waals surface area contributed by atoms with Crippen LogP contribution in [0, 0.1) is 19.7 Å². The van der Waals surface area contributed by atoms with Crippen molar-refractivity contribution in [1.82, 2.24) is 9.78 Å². The van der Waals surface area contributed by atoms with Gasteiger partial charge in [0.15, 0.2) is 0 Å². The molecule has 1 fully saturated rings. The van der Waals surface area contributed by atoms with Crippen LogP contribution in [0.4, 0.5) is 10.1 Å². The van der Waals surface area contributed by atoms with Crippen molar-refractivity contribution in [1.29, 1.82) is 0 Å². The quantitative estimate of drug-likeness (QED) is 0.632. The van der Waals surface area contributed by atoms with Crippen LogP contribution in [0.2, 0.25) is 0 Å². The van der Waals surface area contributed by atoms with E-state index in [1.165, 1.54) is 24.3 Å². The van der Waals surface area contributed by atoms with E-state index in [0.717, 1.165) is 21.9 Å². The molecule has 6 heteroatoms. The molecule has 0 unspecified atom stereocenters. The van der Waals surface area contributed by atoms with Gasteiger partial charge in [0.2, 0.25) is 5.91 Å². The first-order valence-electron chi connectivity index (χ1n) is 7.22. The van der Waals surface area contributed by atoms with Crippen LogP contribution in [-0.4, -0.2) is 21.6 Å². The van der Waals surface area contributed by atoms with E-state index in [-0.39, 0.29) is 18.2 Å². The molecule has 1 aromatic carbocycles. The largest absolute Gasteiger partial charge is 0.274 e. The number of hydrogen-bond acceptors (Lipinski definition) is 3. The number of amides is 2. The van der Waals surface area contributed by atoms with Crippen LogP contribution in [-0.2, 0) is 16.6 Å². The molecule has 0 spiro atoms.